The van der Waals surface area contributed by atoms with Crippen molar-refractivity contribution in [1.82, 2.24) is 0 Å². The Morgan fingerprint density at radius 3 is 1.38 bits per heavy atom. The standard InChI is InChI=1S/C26H28Br2N2O2/c27-15-7-1-9-17-29-21-13-5-3-11-19(21)23(25(29)31)24-20-12-4-6-14-22(20)30(26(24)32)18-10-2-8-16-28/h3-6,11-14H,1-2,7-10,15-18H2/b24-23+. The number of alkyl halides is 2. The van der Waals surface area contributed by atoms with Crippen LogP contribution in [0.5, 0.6) is 0 Å². The van der Waals surface area contributed by atoms with Crippen LogP contribution in [0.1, 0.15) is 49.7 Å². The molecule has 2 amide bonds. The second kappa shape index (κ2) is 10.8. The maximum Gasteiger partial charge on any atom is 0.259 e. The summed E-state index contributed by atoms with van der Waals surface area (Å²) in [5, 5.41) is 1.95. The van der Waals surface area contributed by atoms with E-state index in [9.17, 15) is 9.59 Å². The molecular weight excluding hydrogens is 532 g/mol. The molecule has 0 unspecified atom stereocenters. The Morgan fingerprint density at radius 2 is 0.969 bits per heavy atom. The molecule has 0 fully saturated rings. The highest BCUT2D eigenvalue weighted by molar-refractivity contribution is 9.09. The van der Waals surface area contributed by atoms with Gasteiger partial charge in [-0.15, -0.1) is 0 Å². The average Bonchev–Trinajstić information content (AvgIpc) is 3.24. The van der Waals surface area contributed by atoms with Gasteiger partial charge in [-0.05, 0) is 37.8 Å². The number of fused-ring (bicyclic) bond motifs is 2. The minimum atomic E-state index is -0.0515. The Balaban J connectivity index is 1.71. The van der Waals surface area contributed by atoms with Crippen LogP contribution in [0, 0.1) is 0 Å². The van der Waals surface area contributed by atoms with Crippen molar-refractivity contribution in [1.29, 1.82) is 0 Å². The van der Waals surface area contributed by atoms with Gasteiger partial charge < -0.3 is 9.80 Å². The lowest BCUT2D eigenvalue weighted by atomic mass is 9.96. The fourth-order valence-electron chi connectivity index (χ4n) is 4.57. The highest BCUT2D eigenvalue weighted by Gasteiger charge is 2.41. The van der Waals surface area contributed by atoms with Gasteiger partial charge in [-0.3, -0.25) is 9.59 Å². The molecule has 0 atom stereocenters. The second-order valence-corrected chi connectivity index (χ2v) is 9.78. The summed E-state index contributed by atoms with van der Waals surface area (Å²) >= 11 is 6.95. The van der Waals surface area contributed by atoms with E-state index in [1.807, 2.05) is 58.3 Å². The molecule has 0 aliphatic carbocycles. The number of nitrogens with zero attached hydrogens (tertiary/aromatic N) is 2. The first kappa shape index (κ1) is 23.2. The molecule has 2 aromatic carbocycles. The molecule has 0 saturated heterocycles. The monoisotopic (exact) mass is 558 g/mol. The quantitative estimate of drug-likeness (QED) is 0.191. The number of unbranched alkanes of at least 4 members (excludes halogenated alkanes) is 4. The van der Waals surface area contributed by atoms with E-state index in [-0.39, 0.29) is 11.8 Å². The van der Waals surface area contributed by atoms with E-state index in [2.05, 4.69) is 31.9 Å². The number of anilines is 2. The molecule has 168 valence electrons. The number of benzene rings is 2. The number of amides is 2. The second-order valence-electron chi connectivity index (χ2n) is 8.20. The highest BCUT2D eigenvalue weighted by atomic mass is 79.9. The molecule has 32 heavy (non-hydrogen) atoms. The van der Waals surface area contributed by atoms with Crippen LogP contribution in [0.25, 0.3) is 11.1 Å². The number of halogens is 2. The minimum absolute atomic E-state index is 0.0515. The molecule has 2 aliphatic heterocycles. The van der Waals surface area contributed by atoms with Crippen molar-refractivity contribution in [2.45, 2.75) is 38.5 Å². The molecule has 0 bridgehead atoms. The van der Waals surface area contributed by atoms with Gasteiger partial charge in [0.15, 0.2) is 0 Å². The number of carbonyl (C=O) groups excluding carboxylic acids is 2. The highest BCUT2D eigenvalue weighted by Crippen LogP contribution is 2.46. The lowest BCUT2D eigenvalue weighted by Gasteiger charge is -2.17. The Labute approximate surface area is 206 Å². The normalized spacial score (nSPS) is 17.3. The van der Waals surface area contributed by atoms with Gasteiger partial charge in [-0.1, -0.05) is 81.1 Å². The summed E-state index contributed by atoms with van der Waals surface area (Å²) in [5.41, 5.74) is 4.69. The summed E-state index contributed by atoms with van der Waals surface area (Å²) in [4.78, 5) is 31.0. The fourth-order valence-corrected chi connectivity index (χ4v) is 5.36. The Morgan fingerprint density at radius 1 is 0.562 bits per heavy atom. The summed E-state index contributed by atoms with van der Waals surface area (Å²) in [6.07, 6.45) is 6.19. The molecule has 0 N–H and O–H groups in total. The van der Waals surface area contributed by atoms with Crippen LogP contribution in [0.2, 0.25) is 0 Å². The topological polar surface area (TPSA) is 40.6 Å². The molecule has 0 saturated carbocycles. The van der Waals surface area contributed by atoms with Crippen LogP contribution in [0.15, 0.2) is 48.5 Å². The van der Waals surface area contributed by atoms with Crippen molar-refractivity contribution in [3.8, 4) is 0 Å². The maximum atomic E-state index is 13.7. The number of hydrogen-bond acceptors (Lipinski definition) is 2. The van der Waals surface area contributed by atoms with Crippen LogP contribution in [-0.2, 0) is 9.59 Å². The van der Waals surface area contributed by atoms with Gasteiger partial charge >= 0.3 is 0 Å². The molecule has 2 heterocycles. The third kappa shape index (κ3) is 4.44. The van der Waals surface area contributed by atoms with Gasteiger partial charge in [0.25, 0.3) is 11.8 Å². The first-order chi connectivity index (χ1) is 15.7. The molecule has 0 aromatic heterocycles. The van der Waals surface area contributed by atoms with Gasteiger partial charge in [0.2, 0.25) is 0 Å². The fraction of sp³-hybridized carbons (Fsp3) is 0.385. The molecule has 2 aliphatic rings. The predicted molar refractivity (Wildman–Crippen MR) is 140 cm³/mol. The lowest BCUT2D eigenvalue weighted by Crippen LogP contribution is -2.30. The van der Waals surface area contributed by atoms with Crippen molar-refractivity contribution >= 4 is 66.2 Å². The van der Waals surface area contributed by atoms with Crippen molar-refractivity contribution in [2.24, 2.45) is 0 Å². The average molecular weight is 560 g/mol. The summed E-state index contributed by atoms with van der Waals surface area (Å²) < 4.78 is 0. The number of para-hydroxylation sites is 2. The van der Waals surface area contributed by atoms with Gasteiger partial charge in [0, 0.05) is 34.9 Å². The largest absolute Gasteiger partial charge is 0.308 e. The molecule has 2 aromatic rings. The third-order valence-electron chi connectivity index (χ3n) is 6.13. The van der Waals surface area contributed by atoms with Gasteiger partial charge in [0.05, 0.1) is 22.5 Å². The summed E-state index contributed by atoms with van der Waals surface area (Å²) in [7, 11) is 0. The van der Waals surface area contributed by atoms with E-state index >= 15 is 0 Å². The Hall–Kier alpha value is -1.92. The van der Waals surface area contributed by atoms with E-state index < -0.39 is 0 Å². The SMILES string of the molecule is O=C1/C(=C2/C(=O)N(CCCCCBr)c3ccccc32)c2ccccc2N1CCCCCBr. The summed E-state index contributed by atoms with van der Waals surface area (Å²) in [6, 6.07) is 15.8. The summed E-state index contributed by atoms with van der Waals surface area (Å²) in [6.45, 7) is 1.34. The van der Waals surface area contributed by atoms with Gasteiger partial charge in [0.1, 0.15) is 0 Å². The number of hydrogen-bond donors (Lipinski definition) is 0. The van der Waals surface area contributed by atoms with E-state index in [4.69, 9.17) is 0 Å². The van der Waals surface area contributed by atoms with Crippen molar-refractivity contribution < 1.29 is 9.59 Å². The van der Waals surface area contributed by atoms with Crippen LogP contribution in [-0.4, -0.2) is 35.6 Å². The van der Waals surface area contributed by atoms with Gasteiger partial charge in [-0.2, -0.15) is 0 Å². The van der Waals surface area contributed by atoms with E-state index in [0.29, 0.717) is 24.2 Å². The van der Waals surface area contributed by atoms with Crippen LogP contribution >= 0.6 is 31.9 Å². The zero-order valence-electron chi connectivity index (χ0n) is 18.2. The first-order valence-electron chi connectivity index (χ1n) is 11.4. The molecule has 4 nitrogen and oxygen atoms in total. The third-order valence-corrected chi connectivity index (χ3v) is 7.25. The predicted octanol–water partition coefficient (Wildman–Crippen LogP) is 6.42. The smallest absolute Gasteiger partial charge is 0.259 e. The van der Waals surface area contributed by atoms with E-state index in [0.717, 1.165) is 71.7 Å². The Kier molecular flexibility index (Phi) is 7.84. The van der Waals surface area contributed by atoms with Crippen molar-refractivity contribution in [3.63, 3.8) is 0 Å². The molecule has 0 spiro atoms. The van der Waals surface area contributed by atoms with Crippen molar-refractivity contribution in [2.75, 3.05) is 33.5 Å². The Bertz CT molecular complexity index is 952. The lowest BCUT2D eigenvalue weighted by molar-refractivity contribution is -0.114. The minimum Gasteiger partial charge on any atom is -0.308 e. The van der Waals surface area contributed by atoms with Crippen molar-refractivity contribution in [3.05, 3.63) is 59.7 Å². The maximum absolute atomic E-state index is 13.7. The first-order valence-corrected chi connectivity index (χ1v) is 13.6. The summed E-state index contributed by atoms with van der Waals surface area (Å²) in [5.74, 6) is -0.103. The molecule has 6 heteroatoms. The molecule has 4 rings (SSSR count). The molecular formula is C26H28Br2N2O2. The van der Waals surface area contributed by atoms with E-state index in [1.165, 1.54) is 0 Å². The van der Waals surface area contributed by atoms with Gasteiger partial charge in [-0.25, -0.2) is 0 Å². The zero-order valence-corrected chi connectivity index (χ0v) is 21.3. The van der Waals surface area contributed by atoms with Crippen LogP contribution < -0.4 is 9.80 Å². The zero-order chi connectivity index (χ0) is 22.5. The van der Waals surface area contributed by atoms with Crippen LogP contribution in [0.4, 0.5) is 11.4 Å². The van der Waals surface area contributed by atoms with E-state index in [1.54, 1.807) is 0 Å². The van der Waals surface area contributed by atoms with Crippen LogP contribution in [0.3, 0.4) is 0 Å². The molecule has 0 radical (unpaired) electrons. The number of carbonyl (C=O) groups is 2. The number of rotatable bonds is 10.